The number of aliphatic carboxylic acids is 1. The monoisotopic (exact) mass is 294 g/mol. The number of non-ortho nitro benzene ring substituents is 1. The molecular formula is C14H18N2O5. The van der Waals surface area contributed by atoms with E-state index in [9.17, 15) is 19.7 Å². The van der Waals surface area contributed by atoms with Crippen LogP contribution >= 0.6 is 0 Å². The molecule has 1 aromatic carbocycles. The molecule has 0 spiro atoms. The molecule has 0 saturated carbocycles. The van der Waals surface area contributed by atoms with Crippen molar-refractivity contribution < 1.29 is 19.6 Å². The van der Waals surface area contributed by atoms with Gasteiger partial charge in [0.25, 0.3) is 11.6 Å². The highest BCUT2D eigenvalue weighted by Crippen LogP contribution is 2.20. The topological polar surface area (TPSA) is 110 Å². The standard InChI is InChI=1S/C14H18N2O5/c1-9-4-5-10(16(20)21)8-11(9)12(17)15-7-6-14(2,3)13(18)19/h4-5,8H,6-7H2,1-3H3,(H,15,17)(H,18,19). The Morgan fingerprint density at radius 2 is 2.00 bits per heavy atom. The molecule has 1 aromatic rings. The summed E-state index contributed by atoms with van der Waals surface area (Å²) in [7, 11) is 0. The van der Waals surface area contributed by atoms with E-state index in [0.717, 1.165) is 0 Å². The number of carbonyl (C=O) groups is 2. The van der Waals surface area contributed by atoms with Gasteiger partial charge in [0.05, 0.1) is 10.3 Å². The lowest BCUT2D eigenvalue weighted by molar-refractivity contribution is -0.384. The summed E-state index contributed by atoms with van der Waals surface area (Å²) >= 11 is 0. The van der Waals surface area contributed by atoms with Gasteiger partial charge < -0.3 is 10.4 Å². The zero-order valence-electron chi connectivity index (χ0n) is 12.2. The fourth-order valence-corrected chi connectivity index (χ4v) is 1.66. The number of nitro benzene ring substituents is 1. The highest BCUT2D eigenvalue weighted by atomic mass is 16.6. The maximum Gasteiger partial charge on any atom is 0.309 e. The third-order valence-electron chi connectivity index (χ3n) is 3.29. The third-order valence-corrected chi connectivity index (χ3v) is 3.29. The molecule has 0 radical (unpaired) electrons. The second-order valence-electron chi connectivity index (χ2n) is 5.45. The molecule has 0 aliphatic rings. The Morgan fingerprint density at radius 3 is 2.52 bits per heavy atom. The predicted molar refractivity (Wildman–Crippen MR) is 76.2 cm³/mol. The fraction of sp³-hybridized carbons (Fsp3) is 0.429. The maximum absolute atomic E-state index is 12.0. The summed E-state index contributed by atoms with van der Waals surface area (Å²) < 4.78 is 0. The number of carbonyl (C=O) groups excluding carboxylic acids is 1. The molecule has 0 unspecified atom stereocenters. The molecule has 0 aliphatic heterocycles. The molecule has 21 heavy (non-hydrogen) atoms. The predicted octanol–water partition coefficient (Wildman–Crippen LogP) is 2.13. The van der Waals surface area contributed by atoms with Gasteiger partial charge in [-0.05, 0) is 32.8 Å². The van der Waals surface area contributed by atoms with Crippen LogP contribution in [0.25, 0.3) is 0 Å². The van der Waals surface area contributed by atoms with Crippen molar-refractivity contribution in [1.29, 1.82) is 0 Å². The zero-order valence-corrected chi connectivity index (χ0v) is 12.2. The van der Waals surface area contributed by atoms with Crippen LogP contribution in [0.3, 0.4) is 0 Å². The van der Waals surface area contributed by atoms with Crippen LogP contribution in [0.2, 0.25) is 0 Å². The number of rotatable bonds is 6. The first-order valence-corrected chi connectivity index (χ1v) is 6.42. The molecule has 0 saturated heterocycles. The number of hydrogen-bond donors (Lipinski definition) is 2. The van der Waals surface area contributed by atoms with Gasteiger partial charge in [0, 0.05) is 24.2 Å². The Labute approximate surface area is 122 Å². The van der Waals surface area contributed by atoms with E-state index in [0.29, 0.717) is 5.56 Å². The highest BCUT2D eigenvalue weighted by molar-refractivity contribution is 5.96. The minimum absolute atomic E-state index is 0.156. The highest BCUT2D eigenvalue weighted by Gasteiger charge is 2.26. The van der Waals surface area contributed by atoms with Crippen LogP contribution in [0.4, 0.5) is 5.69 Å². The Balaban J connectivity index is 2.75. The van der Waals surface area contributed by atoms with E-state index in [2.05, 4.69) is 5.32 Å². The molecule has 0 atom stereocenters. The molecule has 7 heteroatoms. The third kappa shape index (κ3) is 4.27. The van der Waals surface area contributed by atoms with Gasteiger partial charge in [-0.3, -0.25) is 19.7 Å². The van der Waals surface area contributed by atoms with E-state index in [4.69, 9.17) is 5.11 Å². The first-order chi connectivity index (χ1) is 9.65. The number of nitrogens with zero attached hydrogens (tertiary/aromatic N) is 1. The number of aryl methyl sites for hydroxylation is 1. The molecule has 0 fully saturated rings. The summed E-state index contributed by atoms with van der Waals surface area (Å²) in [6.07, 6.45) is 0.266. The summed E-state index contributed by atoms with van der Waals surface area (Å²) in [4.78, 5) is 33.1. The lowest BCUT2D eigenvalue weighted by Crippen LogP contribution is -2.32. The molecule has 7 nitrogen and oxygen atoms in total. The quantitative estimate of drug-likeness (QED) is 0.617. The average Bonchev–Trinajstić information content (AvgIpc) is 2.38. The van der Waals surface area contributed by atoms with Crippen LogP contribution in [-0.2, 0) is 4.79 Å². The molecule has 0 aliphatic carbocycles. The fourth-order valence-electron chi connectivity index (χ4n) is 1.66. The summed E-state index contributed by atoms with van der Waals surface area (Å²) in [6.45, 7) is 5.00. The summed E-state index contributed by atoms with van der Waals surface area (Å²) in [5, 5.41) is 22.3. The largest absolute Gasteiger partial charge is 0.481 e. The normalized spacial score (nSPS) is 11.0. The van der Waals surface area contributed by atoms with Crippen LogP contribution in [-0.4, -0.2) is 28.5 Å². The number of amides is 1. The van der Waals surface area contributed by atoms with Crippen molar-refractivity contribution in [3.63, 3.8) is 0 Å². The van der Waals surface area contributed by atoms with Crippen molar-refractivity contribution in [3.8, 4) is 0 Å². The van der Waals surface area contributed by atoms with Crippen LogP contribution in [0, 0.1) is 22.5 Å². The van der Waals surface area contributed by atoms with Crippen LogP contribution < -0.4 is 5.32 Å². The van der Waals surface area contributed by atoms with Gasteiger partial charge in [-0.15, -0.1) is 0 Å². The van der Waals surface area contributed by atoms with Gasteiger partial charge in [0.15, 0.2) is 0 Å². The minimum atomic E-state index is -0.941. The van der Waals surface area contributed by atoms with Crippen molar-refractivity contribution in [2.45, 2.75) is 27.2 Å². The Morgan fingerprint density at radius 1 is 1.38 bits per heavy atom. The number of nitro groups is 1. The van der Waals surface area contributed by atoms with E-state index in [1.54, 1.807) is 20.8 Å². The van der Waals surface area contributed by atoms with Crippen molar-refractivity contribution >= 4 is 17.6 Å². The zero-order chi connectivity index (χ0) is 16.2. The first kappa shape index (κ1) is 16.6. The van der Waals surface area contributed by atoms with Crippen molar-refractivity contribution in [3.05, 3.63) is 39.4 Å². The van der Waals surface area contributed by atoms with Crippen LogP contribution in [0.15, 0.2) is 18.2 Å². The van der Waals surface area contributed by atoms with E-state index >= 15 is 0 Å². The number of carboxylic acids is 1. The molecule has 0 aromatic heterocycles. The average molecular weight is 294 g/mol. The Bertz CT molecular complexity index is 581. The van der Waals surface area contributed by atoms with E-state index in [1.807, 2.05) is 0 Å². The van der Waals surface area contributed by atoms with Crippen LogP contribution in [0.5, 0.6) is 0 Å². The minimum Gasteiger partial charge on any atom is -0.481 e. The maximum atomic E-state index is 12.0. The number of hydrogen-bond acceptors (Lipinski definition) is 4. The second-order valence-corrected chi connectivity index (χ2v) is 5.45. The van der Waals surface area contributed by atoms with Gasteiger partial charge in [0.1, 0.15) is 0 Å². The molecule has 0 heterocycles. The SMILES string of the molecule is Cc1ccc([N+](=O)[O-])cc1C(=O)NCCC(C)(C)C(=O)O. The van der Waals surface area contributed by atoms with E-state index < -0.39 is 22.2 Å². The number of nitrogens with one attached hydrogen (secondary N) is 1. The lowest BCUT2D eigenvalue weighted by atomic mass is 9.89. The van der Waals surface area contributed by atoms with Crippen molar-refractivity contribution in [2.24, 2.45) is 5.41 Å². The number of benzene rings is 1. The summed E-state index contributed by atoms with van der Waals surface area (Å²) in [6, 6.07) is 4.06. The molecular weight excluding hydrogens is 276 g/mol. The lowest BCUT2D eigenvalue weighted by Gasteiger charge is -2.19. The van der Waals surface area contributed by atoms with Crippen molar-refractivity contribution in [2.75, 3.05) is 6.54 Å². The Hall–Kier alpha value is -2.44. The molecule has 0 bridgehead atoms. The van der Waals surface area contributed by atoms with Gasteiger partial charge in [-0.25, -0.2) is 0 Å². The van der Waals surface area contributed by atoms with Crippen molar-refractivity contribution in [1.82, 2.24) is 5.32 Å². The van der Waals surface area contributed by atoms with Gasteiger partial charge in [-0.1, -0.05) is 6.07 Å². The van der Waals surface area contributed by atoms with Gasteiger partial charge >= 0.3 is 5.97 Å². The van der Waals surface area contributed by atoms with E-state index in [1.165, 1.54) is 18.2 Å². The smallest absolute Gasteiger partial charge is 0.309 e. The van der Waals surface area contributed by atoms with Gasteiger partial charge in [0.2, 0.25) is 0 Å². The molecule has 1 amide bonds. The second kappa shape index (κ2) is 6.34. The molecule has 1 rings (SSSR count). The summed E-state index contributed by atoms with van der Waals surface area (Å²) in [5.41, 5.74) is -0.255. The molecule has 114 valence electrons. The first-order valence-electron chi connectivity index (χ1n) is 6.42. The van der Waals surface area contributed by atoms with E-state index in [-0.39, 0.29) is 24.2 Å². The molecule has 2 N–H and O–H groups in total. The summed E-state index contributed by atoms with van der Waals surface area (Å²) in [5.74, 6) is -1.39. The number of carboxylic acid groups (broad SMARTS) is 1. The Kier molecular flexibility index (Phi) is 5.02. The van der Waals surface area contributed by atoms with Crippen LogP contribution in [0.1, 0.15) is 36.2 Å². The van der Waals surface area contributed by atoms with Gasteiger partial charge in [-0.2, -0.15) is 0 Å².